The van der Waals surface area contributed by atoms with Crippen molar-refractivity contribution in [3.05, 3.63) is 70.2 Å². The summed E-state index contributed by atoms with van der Waals surface area (Å²) in [5.41, 5.74) is -0.824. The zero-order valence-electron chi connectivity index (χ0n) is 11.7. The van der Waals surface area contributed by atoms with Gasteiger partial charge in [-0.2, -0.15) is 13.2 Å². The molecule has 0 fully saturated rings. The largest absolute Gasteiger partial charge is 0.417 e. The van der Waals surface area contributed by atoms with Crippen molar-refractivity contribution in [2.75, 3.05) is 6.54 Å². The number of nitrogens with one attached hydrogen (secondary N) is 1. The number of alkyl halides is 3. The summed E-state index contributed by atoms with van der Waals surface area (Å²) in [5.74, 6) is 4.57. The molecule has 1 amide bonds. The third kappa shape index (κ3) is 4.51. The third-order valence-corrected chi connectivity index (χ3v) is 3.24. The topological polar surface area (TPSA) is 29.1 Å². The first-order valence-electron chi connectivity index (χ1n) is 6.57. The average molecular weight is 338 g/mol. The molecule has 118 valence electrons. The lowest BCUT2D eigenvalue weighted by Gasteiger charge is -2.11. The number of rotatable bonds is 2. The Balaban J connectivity index is 2.06. The van der Waals surface area contributed by atoms with Gasteiger partial charge in [0, 0.05) is 5.56 Å². The highest BCUT2D eigenvalue weighted by atomic mass is 35.5. The maximum Gasteiger partial charge on any atom is 0.417 e. The summed E-state index contributed by atoms with van der Waals surface area (Å²) in [6.07, 6.45) is -4.59. The summed E-state index contributed by atoms with van der Waals surface area (Å²) in [5, 5.41) is 2.81. The Labute approximate surface area is 136 Å². The lowest BCUT2D eigenvalue weighted by molar-refractivity contribution is -0.137. The van der Waals surface area contributed by atoms with Crippen LogP contribution in [-0.4, -0.2) is 12.5 Å². The van der Waals surface area contributed by atoms with E-state index in [1.54, 1.807) is 24.3 Å². The maximum absolute atomic E-state index is 12.8. The van der Waals surface area contributed by atoms with E-state index in [0.29, 0.717) is 10.6 Å². The van der Waals surface area contributed by atoms with Crippen LogP contribution in [0.4, 0.5) is 13.2 Å². The van der Waals surface area contributed by atoms with E-state index in [2.05, 4.69) is 17.2 Å². The normalized spacial score (nSPS) is 10.6. The van der Waals surface area contributed by atoms with Gasteiger partial charge in [0.1, 0.15) is 0 Å². The van der Waals surface area contributed by atoms with Gasteiger partial charge in [0.15, 0.2) is 0 Å². The predicted octanol–water partition coefficient (Wildman–Crippen LogP) is 4.14. The molecule has 0 aromatic heterocycles. The molecular weight excluding hydrogens is 327 g/mol. The number of carbonyl (C=O) groups is 1. The van der Waals surface area contributed by atoms with Crippen molar-refractivity contribution >= 4 is 17.5 Å². The molecule has 0 saturated heterocycles. The van der Waals surface area contributed by atoms with Crippen LogP contribution in [0.25, 0.3) is 0 Å². The molecule has 0 unspecified atom stereocenters. The molecule has 0 aliphatic rings. The quantitative estimate of drug-likeness (QED) is 0.820. The van der Waals surface area contributed by atoms with Crippen LogP contribution in [-0.2, 0) is 6.18 Å². The molecular formula is C17H11ClF3NO. The van der Waals surface area contributed by atoms with Gasteiger partial charge in [-0.15, -0.1) is 0 Å². The Hall–Kier alpha value is -2.45. The van der Waals surface area contributed by atoms with Gasteiger partial charge in [-0.05, 0) is 24.3 Å². The second kappa shape index (κ2) is 7.21. The zero-order valence-corrected chi connectivity index (χ0v) is 12.5. The lowest BCUT2D eigenvalue weighted by Crippen LogP contribution is -2.26. The minimum Gasteiger partial charge on any atom is -0.341 e. The summed E-state index contributed by atoms with van der Waals surface area (Å²) >= 11 is 5.92. The van der Waals surface area contributed by atoms with Crippen molar-refractivity contribution in [1.82, 2.24) is 5.32 Å². The minimum atomic E-state index is -4.59. The van der Waals surface area contributed by atoms with E-state index in [-0.39, 0.29) is 6.54 Å². The molecule has 2 aromatic rings. The predicted molar refractivity (Wildman–Crippen MR) is 82.1 cm³/mol. The van der Waals surface area contributed by atoms with Crippen molar-refractivity contribution in [2.45, 2.75) is 6.18 Å². The molecule has 23 heavy (non-hydrogen) atoms. The Morgan fingerprint density at radius 2 is 1.74 bits per heavy atom. The molecule has 0 bridgehead atoms. The fourth-order valence-electron chi connectivity index (χ4n) is 1.85. The highest BCUT2D eigenvalue weighted by molar-refractivity contribution is 6.31. The monoisotopic (exact) mass is 337 g/mol. The van der Waals surface area contributed by atoms with E-state index in [0.717, 1.165) is 12.1 Å². The molecule has 0 heterocycles. The van der Waals surface area contributed by atoms with Crippen molar-refractivity contribution < 1.29 is 18.0 Å². The van der Waals surface area contributed by atoms with E-state index >= 15 is 0 Å². The van der Waals surface area contributed by atoms with Crippen molar-refractivity contribution in [3.8, 4) is 11.8 Å². The van der Waals surface area contributed by atoms with Crippen molar-refractivity contribution in [2.24, 2.45) is 0 Å². The summed E-state index contributed by atoms with van der Waals surface area (Å²) in [6, 6.07) is 11.5. The Bertz CT molecular complexity index is 775. The van der Waals surface area contributed by atoms with Crippen molar-refractivity contribution in [1.29, 1.82) is 0 Å². The van der Waals surface area contributed by atoms with E-state index < -0.39 is 23.2 Å². The highest BCUT2D eigenvalue weighted by Gasteiger charge is 2.34. The van der Waals surface area contributed by atoms with Gasteiger partial charge < -0.3 is 5.32 Å². The van der Waals surface area contributed by atoms with E-state index in [4.69, 9.17) is 11.6 Å². The second-order valence-electron chi connectivity index (χ2n) is 4.51. The van der Waals surface area contributed by atoms with Crippen molar-refractivity contribution in [3.63, 3.8) is 0 Å². The molecule has 2 nitrogen and oxygen atoms in total. The van der Waals surface area contributed by atoms with Crippen LogP contribution < -0.4 is 5.32 Å². The summed E-state index contributed by atoms with van der Waals surface area (Å²) in [6.45, 7) is -0.0871. The second-order valence-corrected chi connectivity index (χ2v) is 4.91. The van der Waals surface area contributed by atoms with E-state index in [1.165, 1.54) is 12.1 Å². The lowest BCUT2D eigenvalue weighted by atomic mass is 10.1. The van der Waals surface area contributed by atoms with Crippen LogP contribution in [0.5, 0.6) is 0 Å². The molecule has 0 radical (unpaired) electrons. The molecule has 2 aromatic carbocycles. The fourth-order valence-corrected chi connectivity index (χ4v) is 2.03. The molecule has 2 rings (SSSR count). The molecule has 0 atom stereocenters. The first-order valence-corrected chi connectivity index (χ1v) is 6.95. The zero-order chi connectivity index (χ0) is 16.9. The molecule has 1 N–H and O–H groups in total. The van der Waals surface area contributed by atoms with E-state index in [1.807, 2.05) is 0 Å². The van der Waals surface area contributed by atoms with Gasteiger partial charge in [0.05, 0.1) is 22.7 Å². The minimum absolute atomic E-state index is 0.0871. The number of hydrogen-bond acceptors (Lipinski definition) is 1. The number of carbonyl (C=O) groups excluding carboxylic acids is 1. The first-order chi connectivity index (χ1) is 10.9. The number of benzene rings is 2. The highest BCUT2D eigenvalue weighted by Crippen LogP contribution is 2.31. The molecule has 6 heteroatoms. The SMILES string of the molecule is O=C(NCC#Cc1ccccc1Cl)c1ccccc1C(F)(F)F. The maximum atomic E-state index is 12.8. The van der Waals surface area contributed by atoms with Crippen LogP contribution in [0.1, 0.15) is 21.5 Å². The fraction of sp³-hybridized carbons (Fsp3) is 0.118. The van der Waals surface area contributed by atoms with E-state index in [9.17, 15) is 18.0 Å². The van der Waals surface area contributed by atoms with Crippen LogP contribution >= 0.6 is 11.6 Å². The first kappa shape index (κ1) is 16.9. The van der Waals surface area contributed by atoms with Gasteiger partial charge >= 0.3 is 6.18 Å². The summed E-state index contributed by atoms with van der Waals surface area (Å²) < 4.78 is 38.5. The molecule has 0 aliphatic carbocycles. The number of amides is 1. The number of hydrogen-bond donors (Lipinski definition) is 1. The van der Waals surface area contributed by atoms with Crippen LogP contribution in [0.2, 0.25) is 5.02 Å². The molecule has 0 spiro atoms. The van der Waals surface area contributed by atoms with Gasteiger partial charge in [0.2, 0.25) is 0 Å². The molecule has 0 saturated carbocycles. The van der Waals surface area contributed by atoms with Gasteiger partial charge in [-0.25, -0.2) is 0 Å². The summed E-state index contributed by atoms with van der Waals surface area (Å²) in [4.78, 5) is 11.9. The van der Waals surface area contributed by atoms with Crippen LogP contribution in [0, 0.1) is 11.8 Å². The number of halogens is 4. The Kier molecular flexibility index (Phi) is 5.30. The van der Waals surface area contributed by atoms with Crippen LogP contribution in [0.3, 0.4) is 0 Å². The Morgan fingerprint density at radius 1 is 1.09 bits per heavy atom. The third-order valence-electron chi connectivity index (χ3n) is 2.91. The van der Waals surface area contributed by atoms with Crippen LogP contribution in [0.15, 0.2) is 48.5 Å². The summed E-state index contributed by atoms with van der Waals surface area (Å²) in [7, 11) is 0. The van der Waals surface area contributed by atoms with Gasteiger partial charge in [0.25, 0.3) is 5.91 Å². The smallest absolute Gasteiger partial charge is 0.341 e. The van der Waals surface area contributed by atoms with Gasteiger partial charge in [-0.3, -0.25) is 4.79 Å². The Morgan fingerprint density at radius 3 is 2.43 bits per heavy atom. The molecule has 0 aliphatic heterocycles. The average Bonchev–Trinajstić information content (AvgIpc) is 2.52. The van der Waals surface area contributed by atoms with Gasteiger partial charge in [-0.1, -0.05) is 47.7 Å². The standard InChI is InChI=1S/C17H11ClF3NO/c18-15-10-4-1-6-12(15)7-5-11-22-16(23)13-8-2-3-9-14(13)17(19,20)21/h1-4,6,8-10H,11H2,(H,22,23).